The van der Waals surface area contributed by atoms with Crippen LogP contribution in [-0.4, -0.2) is 27.3 Å². The summed E-state index contributed by atoms with van der Waals surface area (Å²) in [6.07, 6.45) is 2.56. The third-order valence-corrected chi connectivity index (χ3v) is 4.14. The Morgan fingerprint density at radius 2 is 1.96 bits per heavy atom. The number of aromatic nitrogens is 2. The van der Waals surface area contributed by atoms with Crippen LogP contribution in [0.4, 0.5) is 11.5 Å². The molecule has 1 aromatic rings. The summed E-state index contributed by atoms with van der Waals surface area (Å²) in [6.45, 7) is 11.2. The molecule has 0 radical (unpaired) electrons. The van der Waals surface area contributed by atoms with Gasteiger partial charge in [-0.25, -0.2) is 4.79 Å². The molecule has 7 nitrogen and oxygen atoms in total. The van der Waals surface area contributed by atoms with Gasteiger partial charge in [0.15, 0.2) is 10.8 Å². The molecule has 0 spiro atoms. The molecule has 8 heteroatoms. The summed E-state index contributed by atoms with van der Waals surface area (Å²) in [7, 11) is 0. The zero-order valence-electron chi connectivity index (χ0n) is 15.9. The quantitative estimate of drug-likeness (QED) is 0.607. The molecule has 1 rings (SSSR count). The number of rotatable bonds is 8. The zero-order valence-corrected chi connectivity index (χ0v) is 16.7. The Morgan fingerprint density at radius 1 is 1.32 bits per heavy atom. The van der Waals surface area contributed by atoms with Gasteiger partial charge in [0.2, 0.25) is 0 Å². The summed E-state index contributed by atoms with van der Waals surface area (Å²) in [5.41, 5.74) is 5.47. The van der Waals surface area contributed by atoms with Crippen molar-refractivity contribution in [3.8, 4) is 0 Å². The highest BCUT2D eigenvalue weighted by Crippen LogP contribution is 2.19. The number of hydrogen-bond acceptors (Lipinski definition) is 4. The van der Waals surface area contributed by atoms with E-state index in [9.17, 15) is 9.59 Å². The molecule has 4 N–H and O–H groups in total. The molecule has 0 aliphatic rings. The maximum Gasteiger partial charge on any atom is 0.330 e. The number of nitrogen functional groups attached to an aromatic ring is 1. The molecule has 0 bridgehead atoms. The maximum absolute atomic E-state index is 12.5. The Kier molecular flexibility index (Phi) is 8.15. The van der Waals surface area contributed by atoms with E-state index >= 15 is 0 Å². The van der Waals surface area contributed by atoms with Gasteiger partial charge in [-0.3, -0.25) is 14.3 Å². The van der Waals surface area contributed by atoms with Crippen molar-refractivity contribution in [1.82, 2.24) is 14.9 Å². The largest absolute Gasteiger partial charge is 0.383 e. The van der Waals surface area contributed by atoms with E-state index < -0.39 is 11.2 Å². The van der Waals surface area contributed by atoms with Gasteiger partial charge in [0.05, 0.1) is 0 Å². The lowest BCUT2D eigenvalue weighted by Gasteiger charge is -2.28. The van der Waals surface area contributed by atoms with Gasteiger partial charge < -0.3 is 16.0 Å². The van der Waals surface area contributed by atoms with Gasteiger partial charge in [0.1, 0.15) is 5.82 Å². The predicted octanol–water partition coefficient (Wildman–Crippen LogP) is 2.05. The van der Waals surface area contributed by atoms with Crippen molar-refractivity contribution in [3.05, 3.63) is 20.8 Å². The fourth-order valence-electron chi connectivity index (χ4n) is 2.40. The van der Waals surface area contributed by atoms with Crippen LogP contribution in [0.2, 0.25) is 0 Å². The number of H-pyrrole nitrogens is 1. The summed E-state index contributed by atoms with van der Waals surface area (Å²) in [4.78, 5) is 28.7. The van der Waals surface area contributed by atoms with Crippen molar-refractivity contribution < 1.29 is 0 Å². The van der Waals surface area contributed by atoms with Crippen LogP contribution >= 0.6 is 12.2 Å². The lowest BCUT2D eigenvalue weighted by Crippen LogP contribution is -2.47. The number of nitrogens with one attached hydrogen (secondary N) is 2. The second-order valence-electron chi connectivity index (χ2n) is 6.94. The smallest absolute Gasteiger partial charge is 0.330 e. The van der Waals surface area contributed by atoms with Crippen LogP contribution in [-0.2, 0) is 6.54 Å². The topological polar surface area (TPSA) is 96.2 Å². The Hall–Kier alpha value is -1.83. The Balaban J connectivity index is 3.38. The van der Waals surface area contributed by atoms with Gasteiger partial charge in [0, 0.05) is 19.1 Å². The number of nitrogens with zero attached hydrogens (tertiary/aromatic N) is 2. The molecule has 0 saturated carbocycles. The minimum absolute atomic E-state index is 0.125. The van der Waals surface area contributed by atoms with E-state index in [0.29, 0.717) is 24.1 Å². The number of thiocarbonyl (C=S) groups is 1. The Labute approximate surface area is 154 Å². The lowest BCUT2D eigenvalue weighted by molar-refractivity contribution is 0.584. The first-order chi connectivity index (χ1) is 11.7. The van der Waals surface area contributed by atoms with Crippen LogP contribution < -0.4 is 27.2 Å². The minimum atomic E-state index is -0.507. The first kappa shape index (κ1) is 21.2. The molecule has 1 aromatic heterocycles. The second kappa shape index (κ2) is 9.60. The van der Waals surface area contributed by atoms with E-state index in [1.54, 1.807) is 4.90 Å². The van der Waals surface area contributed by atoms with Crippen LogP contribution in [0.25, 0.3) is 0 Å². The van der Waals surface area contributed by atoms with Crippen LogP contribution in [0.1, 0.15) is 53.9 Å². The average Bonchev–Trinajstić information content (AvgIpc) is 2.48. The van der Waals surface area contributed by atoms with Gasteiger partial charge in [0.25, 0.3) is 5.56 Å². The summed E-state index contributed by atoms with van der Waals surface area (Å²) in [5, 5.41) is 3.60. The minimum Gasteiger partial charge on any atom is -0.383 e. The van der Waals surface area contributed by atoms with Crippen molar-refractivity contribution >= 4 is 28.8 Å². The Morgan fingerprint density at radius 3 is 2.48 bits per heavy atom. The van der Waals surface area contributed by atoms with E-state index in [-0.39, 0.29) is 17.5 Å². The molecule has 0 aliphatic carbocycles. The Bertz CT molecular complexity index is 693. The molecule has 1 heterocycles. The number of aromatic amines is 1. The van der Waals surface area contributed by atoms with Gasteiger partial charge in [-0.15, -0.1) is 0 Å². The average molecular weight is 370 g/mol. The fraction of sp³-hybridized carbons (Fsp3) is 0.706. The molecule has 0 saturated heterocycles. The van der Waals surface area contributed by atoms with Gasteiger partial charge in [-0.1, -0.05) is 27.2 Å². The van der Waals surface area contributed by atoms with E-state index in [2.05, 4.69) is 24.1 Å². The summed E-state index contributed by atoms with van der Waals surface area (Å²) in [5.74, 6) is 0.606. The van der Waals surface area contributed by atoms with Gasteiger partial charge in [-0.2, -0.15) is 0 Å². The lowest BCUT2D eigenvalue weighted by atomic mass is 10.1. The van der Waals surface area contributed by atoms with Crippen molar-refractivity contribution in [2.45, 2.75) is 66.5 Å². The maximum atomic E-state index is 12.5. The zero-order chi connectivity index (χ0) is 19.1. The number of unbranched alkanes of at least 4 members (excludes halogenated alkanes) is 1. The monoisotopic (exact) mass is 369 g/mol. The highest BCUT2D eigenvalue weighted by atomic mass is 32.1. The summed E-state index contributed by atoms with van der Waals surface area (Å²) in [6, 6.07) is 0.125. The third-order valence-electron chi connectivity index (χ3n) is 3.81. The fourth-order valence-corrected chi connectivity index (χ4v) is 2.82. The molecule has 25 heavy (non-hydrogen) atoms. The van der Waals surface area contributed by atoms with E-state index in [0.717, 1.165) is 19.3 Å². The number of hydrogen-bond donors (Lipinski definition) is 3. The third kappa shape index (κ3) is 5.88. The van der Waals surface area contributed by atoms with E-state index in [1.807, 2.05) is 20.8 Å². The van der Waals surface area contributed by atoms with E-state index in [1.165, 1.54) is 4.57 Å². The molecular formula is C17H31N5O2S. The molecule has 0 unspecified atom stereocenters. The van der Waals surface area contributed by atoms with Gasteiger partial charge in [-0.05, 0) is 44.8 Å². The molecule has 0 aromatic carbocycles. The standard InChI is InChI=1S/C17H31N5O2S/c1-6-7-9-22-14(18)13(15(23)20-16(22)24)21(10-8-11(2)3)17(25)19-12(4)5/h11-12H,6-10,18H2,1-5H3,(H,19,25)(H,20,23,24). The molecule has 0 fully saturated rings. The summed E-state index contributed by atoms with van der Waals surface area (Å²) >= 11 is 5.49. The number of anilines is 2. The molecule has 142 valence electrons. The second-order valence-corrected chi connectivity index (χ2v) is 7.32. The number of nitrogens with two attached hydrogens (primary N) is 1. The van der Waals surface area contributed by atoms with Gasteiger partial charge >= 0.3 is 5.69 Å². The SMILES string of the molecule is CCCCn1c(N)c(N(CCC(C)C)C(=S)NC(C)C)c(=O)[nH]c1=O. The molecule has 0 atom stereocenters. The van der Waals surface area contributed by atoms with Crippen molar-refractivity contribution in [1.29, 1.82) is 0 Å². The first-order valence-electron chi connectivity index (χ1n) is 8.89. The highest BCUT2D eigenvalue weighted by molar-refractivity contribution is 7.80. The van der Waals surface area contributed by atoms with Crippen molar-refractivity contribution in [2.24, 2.45) is 5.92 Å². The van der Waals surface area contributed by atoms with Crippen LogP contribution in [0.5, 0.6) is 0 Å². The molecule has 0 aliphatic heterocycles. The van der Waals surface area contributed by atoms with Crippen molar-refractivity contribution in [3.63, 3.8) is 0 Å². The van der Waals surface area contributed by atoms with Crippen LogP contribution in [0, 0.1) is 5.92 Å². The van der Waals surface area contributed by atoms with Crippen molar-refractivity contribution in [2.75, 3.05) is 17.2 Å². The molecular weight excluding hydrogens is 338 g/mol. The first-order valence-corrected chi connectivity index (χ1v) is 9.30. The van der Waals surface area contributed by atoms with E-state index in [4.69, 9.17) is 18.0 Å². The van der Waals surface area contributed by atoms with Crippen LogP contribution in [0.15, 0.2) is 9.59 Å². The predicted molar refractivity (Wildman–Crippen MR) is 108 cm³/mol. The normalized spacial score (nSPS) is 11.2. The highest BCUT2D eigenvalue weighted by Gasteiger charge is 2.22. The molecule has 0 amide bonds. The van der Waals surface area contributed by atoms with Crippen LogP contribution in [0.3, 0.4) is 0 Å². The summed E-state index contributed by atoms with van der Waals surface area (Å²) < 4.78 is 1.42.